The van der Waals surface area contributed by atoms with Gasteiger partial charge in [-0.05, 0) is 18.4 Å². The predicted molar refractivity (Wildman–Crippen MR) is 182 cm³/mol. The Balaban J connectivity index is 2.46. The fourth-order valence-corrected chi connectivity index (χ4v) is 7.71. The van der Waals surface area contributed by atoms with Gasteiger partial charge in [0.2, 0.25) is 0 Å². The first-order chi connectivity index (χ1) is 20.4. The number of alkyl halides is 2. The lowest BCUT2D eigenvalue weighted by molar-refractivity contribution is -0.134. The summed E-state index contributed by atoms with van der Waals surface area (Å²) in [4.78, 5) is 28.4. The highest BCUT2D eigenvalue weighted by Crippen LogP contribution is 2.51. The Bertz CT molecular complexity index is 981. The van der Waals surface area contributed by atoms with E-state index in [2.05, 4.69) is 45.7 Å². The summed E-state index contributed by atoms with van der Waals surface area (Å²) in [6.07, 6.45) is 18.7. The van der Waals surface area contributed by atoms with Crippen LogP contribution in [0, 0.1) is 0 Å². The van der Waals surface area contributed by atoms with E-state index in [1.807, 2.05) is 35.2 Å². The molecule has 236 valence electrons. The molecule has 2 rings (SSSR count). The molecule has 0 atom stereocenters. The van der Waals surface area contributed by atoms with Crippen LogP contribution in [-0.4, -0.2) is 44.3 Å². The maximum Gasteiger partial charge on any atom is 0.334 e. The third-order valence-electron chi connectivity index (χ3n) is 8.67. The quantitative estimate of drug-likeness (QED) is 0.0873. The molecule has 1 heterocycles. The molecule has 0 spiro atoms. The molecule has 0 fully saturated rings. The van der Waals surface area contributed by atoms with Gasteiger partial charge in [0.15, 0.2) is 0 Å². The number of unbranched alkanes of at least 4 members (excludes halogenated alkanes) is 14. The SMILES string of the molecule is CCCCCCCCCCN1C(CBr)=C(C(=O)O)C(CCCCCCCCCC)(c2ccccc2)C(C(=O)O)=C1CBr. The molecule has 1 aliphatic rings. The number of rotatable bonds is 23. The molecule has 0 amide bonds. The lowest BCUT2D eigenvalue weighted by Gasteiger charge is -2.46. The van der Waals surface area contributed by atoms with E-state index in [1.165, 1.54) is 57.8 Å². The van der Waals surface area contributed by atoms with E-state index in [1.54, 1.807) is 0 Å². The molecule has 0 bridgehead atoms. The summed E-state index contributed by atoms with van der Waals surface area (Å²) in [5, 5.41) is 22.3. The lowest BCUT2D eigenvalue weighted by Crippen LogP contribution is -2.47. The van der Waals surface area contributed by atoms with Crippen molar-refractivity contribution >= 4 is 43.8 Å². The van der Waals surface area contributed by atoms with Crippen molar-refractivity contribution in [2.45, 2.75) is 128 Å². The van der Waals surface area contributed by atoms with Gasteiger partial charge in [-0.15, -0.1) is 0 Å². The summed E-state index contributed by atoms with van der Waals surface area (Å²) in [6.45, 7) is 5.04. The second-order valence-corrected chi connectivity index (χ2v) is 12.8. The number of hydrogen-bond donors (Lipinski definition) is 2. The Morgan fingerprint density at radius 3 is 1.45 bits per heavy atom. The highest BCUT2D eigenvalue weighted by Gasteiger charge is 2.52. The Morgan fingerprint density at radius 2 is 1.05 bits per heavy atom. The van der Waals surface area contributed by atoms with Gasteiger partial charge in [-0.2, -0.15) is 0 Å². The molecule has 2 N–H and O–H groups in total. The zero-order valence-electron chi connectivity index (χ0n) is 25.9. The Kier molecular flexibility index (Phi) is 17.8. The number of carbonyl (C=O) groups is 2. The van der Waals surface area contributed by atoms with Crippen LogP contribution in [-0.2, 0) is 15.0 Å². The number of halogens is 2. The van der Waals surface area contributed by atoms with Gasteiger partial charge in [-0.25, -0.2) is 9.59 Å². The average molecular weight is 712 g/mol. The summed E-state index contributed by atoms with van der Waals surface area (Å²) in [6, 6.07) is 9.48. The molecule has 42 heavy (non-hydrogen) atoms. The number of carboxylic acid groups (broad SMARTS) is 2. The van der Waals surface area contributed by atoms with Gasteiger partial charge >= 0.3 is 11.9 Å². The first kappa shape index (κ1) is 36.6. The van der Waals surface area contributed by atoms with E-state index in [0.717, 1.165) is 50.5 Å². The Morgan fingerprint density at radius 1 is 0.643 bits per heavy atom. The molecule has 0 aromatic heterocycles. The second kappa shape index (κ2) is 20.4. The molecule has 1 aromatic carbocycles. The highest BCUT2D eigenvalue weighted by atomic mass is 79.9. The summed E-state index contributed by atoms with van der Waals surface area (Å²) < 4.78 is 0. The topological polar surface area (TPSA) is 77.8 Å². The maximum atomic E-state index is 13.2. The maximum absolute atomic E-state index is 13.2. The van der Waals surface area contributed by atoms with Crippen LogP contribution in [0.25, 0.3) is 0 Å². The molecule has 0 aliphatic carbocycles. The molecular weight excluding hydrogens is 658 g/mol. The minimum Gasteiger partial charge on any atom is -0.478 e. The molecule has 7 heteroatoms. The lowest BCUT2D eigenvalue weighted by atomic mass is 9.62. The number of allylic oxidation sites excluding steroid dienone is 2. The minimum absolute atomic E-state index is 0.204. The first-order valence-electron chi connectivity index (χ1n) is 16.3. The van der Waals surface area contributed by atoms with E-state index in [4.69, 9.17) is 0 Å². The molecule has 0 unspecified atom stereocenters. The van der Waals surface area contributed by atoms with E-state index in [0.29, 0.717) is 35.0 Å². The van der Waals surface area contributed by atoms with Crippen LogP contribution in [0.2, 0.25) is 0 Å². The van der Waals surface area contributed by atoms with Gasteiger partial charge in [-0.3, -0.25) is 0 Å². The molecule has 1 aromatic rings. The monoisotopic (exact) mass is 709 g/mol. The smallest absolute Gasteiger partial charge is 0.334 e. The largest absolute Gasteiger partial charge is 0.478 e. The van der Waals surface area contributed by atoms with Crippen molar-refractivity contribution in [2.24, 2.45) is 0 Å². The molecule has 0 saturated carbocycles. The number of aliphatic carboxylic acids is 2. The van der Waals surface area contributed by atoms with Crippen molar-refractivity contribution in [2.75, 3.05) is 17.2 Å². The zero-order chi connectivity index (χ0) is 30.8. The number of nitrogens with zero attached hydrogens (tertiary/aromatic N) is 1. The van der Waals surface area contributed by atoms with Crippen molar-refractivity contribution in [1.29, 1.82) is 0 Å². The molecule has 0 radical (unpaired) electrons. The second-order valence-electron chi connectivity index (χ2n) is 11.6. The van der Waals surface area contributed by atoms with E-state index < -0.39 is 17.4 Å². The van der Waals surface area contributed by atoms with Gasteiger partial charge in [0.25, 0.3) is 0 Å². The summed E-state index contributed by atoms with van der Waals surface area (Å²) >= 11 is 7.26. The molecule has 0 saturated heterocycles. The summed E-state index contributed by atoms with van der Waals surface area (Å²) in [7, 11) is 0. The summed E-state index contributed by atoms with van der Waals surface area (Å²) in [5.41, 5.74) is 1.27. The third kappa shape index (κ3) is 9.97. The third-order valence-corrected chi connectivity index (χ3v) is 9.73. The Labute approximate surface area is 271 Å². The van der Waals surface area contributed by atoms with Crippen molar-refractivity contribution in [1.82, 2.24) is 4.90 Å². The van der Waals surface area contributed by atoms with Crippen molar-refractivity contribution in [3.05, 3.63) is 58.4 Å². The standard InChI is InChI=1S/C35H53Br2NO4/c1-3-5-7-9-11-13-15-20-24-35(28-22-18-17-19-23-28)31(33(39)40)29(26-36)38(30(27-37)32(35)34(41)42)25-21-16-14-12-10-8-6-4-2/h17-19,22-23H,3-16,20-21,24-27H2,1-2H3,(H,39,40)(H,41,42). The number of hydrogen-bond acceptors (Lipinski definition) is 3. The van der Waals surface area contributed by atoms with Crippen LogP contribution >= 0.6 is 31.9 Å². The predicted octanol–water partition coefficient (Wildman–Crippen LogP) is 10.4. The molecule has 1 aliphatic heterocycles. The van der Waals surface area contributed by atoms with Crippen LogP contribution in [0.5, 0.6) is 0 Å². The molecular formula is C35H53Br2NO4. The fourth-order valence-electron chi connectivity index (χ4n) is 6.54. The van der Waals surface area contributed by atoms with Crippen molar-refractivity contribution < 1.29 is 19.8 Å². The average Bonchev–Trinajstić information content (AvgIpc) is 2.99. The van der Waals surface area contributed by atoms with Crippen molar-refractivity contribution in [3.8, 4) is 0 Å². The van der Waals surface area contributed by atoms with Gasteiger partial charge in [0.05, 0.1) is 16.6 Å². The van der Waals surface area contributed by atoms with Gasteiger partial charge in [0.1, 0.15) is 0 Å². The summed E-state index contributed by atoms with van der Waals surface area (Å²) in [5.74, 6) is -2.08. The van der Waals surface area contributed by atoms with Crippen LogP contribution in [0.3, 0.4) is 0 Å². The van der Waals surface area contributed by atoms with Crippen molar-refractivity contribution in [3.63, 3.8) is 0 Å². The van der Waals surface area contributed by atoms with E-state index in [9.17, 15) is 19.8 Å². The Hall–Kier alpha value is -1.60. The zero-order valence-corrected chi connectivity index (χ0v) is 29.1. The highest BCUT2D eigenvalue weighted by molar-refractivity contribution is 9.09. The van der Waals surface area contributed by atoms with Crippen LogP contribution in [0.4, 0.5) is 0 Å². The number of carboxylic acids is 2. The fraction of sp³-hybridized carbons (Fsp3) is 0.657. The van der Waals surface area contributed by atoms with Gasteiger partial charge < -0.3 is 15.1 Å². The van der Waals surface area contributed by atoms with E-state index in [-0.39, 0.29) is 11.1 Å². The van der Waals surface area contributed by atoms with Gasteiger partial charge in [0, 0.05) is 28.6 Å². The van der Waals surface area contributed by atoms with Crippen LogP contribution in [0.1, 0.15) is 129 Å². The van der Waals surface area contributed by atoms with Gasteiger partial charge in [-0.1, -0.05) is 172 Å². The molecule has 5 nitrogen and oxygen atoms in total. The van der Waals surface area contributed by atoms with Crippen LogP contribution in [0.15, 0.2) is 52.9 Å². The van der Waals surface area contributed by atoms with Crippen LogP contribution < -0.4 is 0 Å². The number of benzene rings is 1. The normalized spacial score (nSPS) is 15.0. The van der Waals surface area contributed by atoms with E-state index >= 15 is 0 Å². The minimum atomic E-state index is -1.23. The first-order valence-corrected chi connectivity index (χ1v) is 18.5.